The first-order valence-corrected chi connectivity index (χ1v) is 6.02. The molecule has 1 aromatic carbocycles. The van der Waals surface area contributed by atoms with Gasteiger partial charge in [-0.3, -0.25) is 4.79 Å². The standard InChI is InChI=1S/C14H20O2/c1-2-3-4-8-11-14(16-12-15)13-9-6-5-7-10-13/h5-7,9-10,12,14H,2-4,8,11H2,1H3. The Morgan fingerprint density at radius 2 is 1.94 bits per heavy atom. The van der Waals surface area contributed by atoms with E-state index in [0.29, 0.717) is 6.47 Å². The molecule has 0 heterocycles. The number of hydrogen-bond acceptors (Lipinski definition) is 2. The van der Waals surface area contributed by atoms with Crippen LogP contribution in [0.25, 0.3) is 0 Å². The summed E-state index contributed by atoms with van der Waals surface area (Å²) in [7, 11) is 0. The molecule has 2 heteroatoms. The topological polar surface area (TPSA) is 26.3 Å². The molecule has 1 unspecified atom stereocenters. The number of ether oxygens (including phenoxy) is 1. The van der Waals surface area contributed by atoms with Gasteiger partial charge in [-0.25, -0.2) is 0 Å². The van der Waals surface area contributed by atoms with E-state index in [-0.39, 0.29) is 6.10 Å². The van der Waals surface area contributed by atoms with Crippen molar-refractivity contribution < 1.29 is 9.53 Å². The van der Waals surface area contributed by atoms with E-state index in [2.05, 4.69) is 6.92 Å². The third kappa shape index (κ3) is 4.47. The molecule has 1 rings (SSSR count). The summed E-state index contributed by atoms with van der Waals surface area (Å²) in [5.41, 5.74) is 1.09. The Kier molecular flexibility index (Phi) is 6.31. The molecule has 1 atom stereocenters. The van der Waals surface area contributed by atoms with Crippen LogP contribution >= 0.6 is 0 Å². The molecule has 0 bridgehead atoms. The maximum Gasteiger partial charge on any atom is 0.293 e. The van der Waals surface area contributed by atoms with E-state index in [4.69, 9.17) is 4.74 Å². The van der Waals surface area contributed by atoms with E-state index in [9.17, 15) is 4.79 Å². The average Bonchev–Trinajstić information content (AvgIpc) is 2.34. The number of benzene rings is 1. The van der Waals surface area contributed by atoms with Crippen molar-refractivity contribution in [3.05, 3.63) is 35.9 Å². The van der Waals surface area contributed by atoms with Crippen LogP contribution in [0.4, 0.5) is 0 Å². The zero-order chi connectivity index (χ0) is 11.6. The summed E-state index contributed by atoms with van der Waals surface area (Å²) < 4.78 is 5.13. The van der Waals surface area contributed by atoms with Crippen LogP contribution in [0.2, 0.25) is 0 Å². The molecular formula is C14H20O2. The molecule has 0 saturated heterocycles. The van der Waals surface area contributed by atoms with Crippen LogP contribution in [0, 0.1) is 0 Å². The lowest BCUT2D eigenvalue weighted by Crippen LogP contribution is -2.03. The highest BCUT2D eigenvalue weighted by molar-refractivity contribution is 5.38. The Hall–Kier alpha value is -1.31. The second-order valence-electron chi connectivity index (χ2n) is 3.98. The summed E-state index contributed by atoms with van der Waals surface area (Å²) >= 11 is 0. The number of rotatable bonds is 8. The predicted octanol–water partition coefficient (Wildman–Crippen LogP) is 3.87. The van der Waals surface area contributed by atoms with Gasteiger partial charge >= 0.3 is 0 Å². The van der Waals surface area contributed by atoms with Gasteiger partial charge in [-0.2, -0.15) is 0 Å². The van der Waals surface area contributed by atoms with Gasteiger partial charge in [0.25, 0.3) is 6.47 Å². The molecule has 0 aromatic heterocycles. The van der Waals surface area contributed by atoms with E-state index >= 15 is 0 Å². The molecule has 0 N–H and O–H groups in total. The summed E-state index contributed by atoms with van der Waals surface area (Å²) in [5, 5.41) is 0. The molecule has 88 valence electrons. The van der Waals surface area contributed by atoms with Crippen molar-refractivity contribution >= 4 is 6.47 Å². The van der Waals surface area contributed by atoms with Crippen LogP contribution in [0.3, 0.4) is 0 Å². The van der Waals surface area contributed by atoms with Gasteiger partial charge in [0, 0.05) is 0 Å². The summed E-state index contributed by atoms with van der Waals surface area (Å²) in [4.78, 5) is 10.5. The van der Waals surface area contributed by atoms with E-state index in [1.165, 1.54) is 19.3 Å². The van der Waals surface area contributed by atoms with Crippen LogP contribution < -0.4 is 0 Å². The van der Waals surface area contributed by atoms with Gasteiger partial charge in [-0.1, -0.05) is 56.5 Å². The Morgan fingerprint density at radius 1 is 1.19 bits per heavy atom. The Morgan fingerprint density at radius 3 is 2.56 bits per heavy atom. The zero-order valence-electron chi connectivity index (χ0n) is 9.89. The van der Waals surface area contributed by atoms with Crippen LogP contribution in [-0.4, -0.2) is 6.47 Å². The Balaban J connectivity index is 2.44. The zero-order valence-corrected chi connectivity index (χ0v) is 9.89. The number of carbonyl (C=O) groups is 1. The number of hydrogen-bond donors (Lipinski definition) is 0. The fourth-order valence-electron chi connectivity index (χ4n) is 1.80. The monoisotopic (exact) mass is 220 g/mol. The van der Waals surface area contributed by atoms with Crippen molar-refractivity contribution in [2.75, 3.05) is 0 Å². The minimum Gasteiger partial charge on any atom is -0.460 e. The lowest BCUT2D eigenvalue weighted by molar-refractivity contribution is -0.134. The molecule has 0 fully saturated rings. The van der Waals surface area contributed by atoms with Gasteiger partial charge in [-0.15, -0.1) is 0 Å². The van der Waals surface area contributed by atoms with Gasteiger partial charge in [0.2, 0.25) is 0 Å². The summed E-state index contributed by atoms with van der Waals surface area (Å²) in [6.07, 6.45) is 5.65. The minimum atomic E-state index is -0.0736. The van der Waals surface area contributed by atoms with Crippen molar-refractivity contribution in [1.29, 1.82) is 0 Å². The van der Waals surface area contributed by atoms with Crippen LogP contribution in [0.15, 0.2) is 30.3 Å². The second kappa shape index (κ2) is 7.91. The van der Waals surface area contributed by atoms with Crippen molar-refractivity contribution in [3.63, 3.8) is 0 Å². The highest BCUT2D eigenvalue weighted by Crippen LogP contribution is 2.23. The van der Waals surface area contributed by atoms with Gasteiger partial charge in [0.15, 0.2) is 0 Å². The fourth-order valence-corrected chi connectivity index (χ4v) is 1.80. The molecule has 0 aliphatic carbocycles. The highest BCUT2D eigenvalue weighted by atomic mass is 16.5. The first-order chi connectivity index (χ1) is 7.88. The maximum atomic E-state index is 10.5. The maximum absolute atomic E-state index is 10.5. The second-order valence-corrected chi connectivity index (χ2v) is 3.98. The summed E-state index contributed by atoms with van der Waals surface area (Å²) in [6, 6.07) is 9.94. The minimum absolute atomic E-state index is 0.0736. The highest BCUT2D eigenvalue weighted by Gasteiger charge is 2.10. The van der Waals surface area contributed by atoms with Gasteiger partial charge in [-0.05, 0) is 18.4 Å². The van der Waals surface area contributed by atoms with Crippen LogP contribution in [0.1, 0.15) is 50.7 Å². The third-order valence-electron chi connectivity index (χ3n) is 2.71. The smallest absolute Gasteiger partial charge is 0.293 e. The molecule has 0 spiro atoms. The van der Waals surface area contributed by atoms with Crippen molar-refractivity contribution in [3.8, 4) is 0 Å². The van der Waals surface area contributed by atoms with E-state index < -0.39 is 0 Å². The molecular weight excluding hydrogens is 200 g/mol. The van der Waals surface area contributed by atoms with Crippen LogP contribution in [-0.2, 0) is 9.53 Å². The third-order valence-corrected chi connectivity index (χ3v) is 2.71. The summed E-state index contributed by atoms with van der Waals surface area (Å²) in [6.45, 7) is 2.74. The average molecular weight is 220 g/mol. The van der Waals surface area contributed by atoms with Gasteiger partial charge in [0.05, 0.1) is 0 Å². The molecule has 2 nitrogen and oxygen atoms in total. The molecule has 0 saturated carbocycles. The number of unbranched alkanes of at least 4 members (excludes halogenated alkanes) is 3. The lowest BCUT2D eigenvalue weighted by atomic mass is 10.0. The predicted molar refractivity (Wildman–Crippen MR) is 65.1 cm³/mol. The fraction of sp³-hybridized carbons (Fsp3) is 0.500. The van der Waals surface area contributed by atoms with Gasteiger partial charge in [0.1, 0.15) is 6.10 Å². The quantitative estimate of drug-likeness (QED) is 0.491. The largest absolute Gasteiger partial charge is 0.460 e. The first kappa shape index (κ1) is 12.8. The molecule has 1 aromatic rings. The summed E-state index contributed by atoms with van der Waals surface area (Å²) in [5.74, 6) is 0. The van der Waals surface area contributed by atoms with E-state index in [1.807, 2.05) is 30.3 Å². The Labute approximate surface area is 97.6 Å². The normalized spacial score (nSPS) is 12.1. The first-order valence-electron chi connectivity index (χ1n) is 6.02. The van der Waals surface area contributed by atoms with Crippen molar-refractivity contribution in [2.24, 2.45) is 0 Å². The SMILES string of the molecule is CCCCCCC(OC=O)c1ccccc1. The van der Waals surface area contributed by atoms with E-state index in [0.717, 1.165) is 18.4 Å². The molecule has 0 amide bonds. The van der Waals surface area contributed by atoms with Crippen molar-refractivity contribution in [2.45, 2.75) is 45.1 Å². The molecule has 0 aliphatic heterocycles. The molecule has 0 radical (unpaired) electrons. The lowest BCUT2D eigenvalue weighted by Gasteiger charge is -2.15. The molecule has 0 aliphatic rings. The van der Waals surface area contributed by atoms with Crippen LogP contribution in [0.5, 0.6) is 0 Å². The van der Waals surface area contributed by atoms with Crippen molar-refractivity contribution in [1.82, 2.24) is 0 Å². The van der Waals surface area contributed by atoms with E-state index in [1.54, 1.807) is 0 Å². The number of carbonyl (C=O) groups excluding carboxylic acids is 1. The Bertz CT molecular complexity index is 282. The molecule has 16 heavy (non-hydrogen) atoms. The van der Waals surface area contributed by atoms with Gasteiger partial charge < -0.3 is 4.74 Å².